The van der Waals surface area contributed by atoms with Crippen LogP contribution in [0.25, 0.3) is 6.08 Å². The zero-order valence-electron chi connectivity index (χ0n) is 16.3. The van der Waals surface area contributed by atoms with Gasteiger partial charge in [0, 0.05) is 26.2 Å². The smallest absolute Gasteiger partial charge is 0.271 e. The highest BCUT2D eigenvalue weighted by atomic mass is 32.2. The number of nitro benzene ring substituents is 1. The lowest BCUT2D eigenvalue weighted by Gasteiger charge is -2.12. The Hall–Kier alpha value is -3.84. The summed E-state index contributed by atoms with van der Waals surface area (Å²) < 4.78 is 11.1. The van der Waals surface area contributed by atoms with Crippen LogP contribution in [-0.4, -0.2) is 42.1 Å². The van der Waals surface area contributed by atoms with Gasteiger partial charge in [-0.25, -0.2) is 0 Å². The number of nitro groups is 1. The number of ether oxygens (including phenoxy) is 2. The molecule has 0 bridgehead atoms. The molecule has 2 aromatic rings. The van der Waals surface area contributed by atoms with Gasteiger partial charge in [0.15, 0.2) is 16.7 Å². The van der Waals surface area contributed by atoms with Crippen LogP contribution in [0.15, 0.2) is 46.3 Å². The normalized spacial score (nSPS) is 16.1. The lowest BCUT2D eigenvalue weighted by atomic mass is 10.1. The number of nitriles is 1. The minimum Gasteiger partial charge on any atom is -0.493 e. The molecule has 0 aromatic heterocycles. The predicted octanol–water partition coefficient (Wildman–Crippen LogP) is 3.80. The van der Waals surface area contributed by atoms with Crippen molar-refractivity contribution >= 4 is 34.6 Å². The molecule has 0 N–H and O–H groups in total. The molecule has 3 rings (SSSR count). The summed E-state index contributed by atoms with van der Waals surface area (Å²) in [6, 6.07) is 10.7. The number of carbonyl (C=O) groups excluding carboxylic acids is 1. The van der Waals surface area contributed by atoms with Crippen LogP contribution < -0.4 is 9.47 Å². The van der Waals surface area contributed by atoms with Crippen LogP contribution in [0.1, 0.15) is 11.1 Å². The summed E-state index contributed by atoms with van der Waals surface area (Å²) >= 11 is 1.27. The van der Waals surface area contributed by atoms with Gasteiger partial charge in [0.1, 0.15) is 17.4 Å². The van der Waals surface area contributed by atoms with Crippen LogP contribution in [0.2, 0.25) is 0 Å². The Morgan fingerprint density at radius 1 is 1.23 bits per heavy atom. The standard InChI is InChI=1S/C20H16N4O5S/c1-22-20-23(2)19(25)18(30-20)9-12-4-6-16(17(8-12)28-3)29-15-7-5-14(24(26)27)10-13(15)11-21/h4-10H,1-3H3/b18-9-,22-20?. The highest BCUT2D eigenvalue weighted by molar-refractivity contribution is 8.18. The van der Waals surface area contributed by atoms with Crippen molar-refractivity contribution in [2.75, 3.05) is 21.2 Å². The summed E-state index contributed by atoms with van der Waals surface area (Å²) in [5.74, 6) is 0.715. The molecule has 0 unspecified atom stereocenters. The maximum absolute atomic E-state index is 12.3. The van der Waals surface area contributed by atoms with E-state index >= 15 is 0 Å². The molecule has 0 aliphatic carbocycles. The SMILES string of the molecule is CN=C1S/C(=C\c2ccc(Oc3ccc([N+](=O)[O-])cc3C#N)c(OC)c2)C(=O)N1C. The number of non-ortho nitro benzene ring substituents is 1. The van der Waals surface area contributed by atoms with E-state index < -0.39 is 4.92 Å². The number of amidine groups is 1. The van der Waals surface area contributed by atoms with Crippen LogP contribution in [0.4, 0.5) is 5.69 Å². The third-order valence-electron chi connectivity index (χ3n) is 4.19. The van der Waals surface area contributed by atoms with E-state index in [0.29, 0.717) is 27.1 Å². The maximum atomic E-state index is 12.3. The van der Waals surface area contributed by atoms with Gasteiger partial charge in [0.05, 0.1) is 16.9 Å². The first-order valence-electron chi connectivity index (χ1n) is 8.56. The molecule has 152 valence electrons. The van der Waals surface area contributed by atoms with Crippen molar-refractivity contribution in [3.05, 3.63) is 62.5 Å². The summed E-state index contributed by atoms with van der Waals surface area (Å²) in [6.07, 6.45) is 1.72. The number of aliphatic imine (C=N–C) groups is 1. The fourth-order valence-electron chi connectivity index (χ4n) is 2.69. The van der Waals surface area contributed by atoms with Gasteiger partial charge in [0.2, 0.25) is 0 Å². The average Bonchev–Trinajstić information content (AvgIpc) is 3.02. The Bertz CT molecular complexity index is 1140. The second kappa shape index (κ2) is 8.67. The van der Waals surface area contributed by atoms with Crippen molar-refractivity contribution in [2.24, 2.45) is 4.99 Å². The number of likely N-dealkylation sites (N-methyl/N-ethyl adjacent to an activating group) is 1. The van der Waals surface area contributed by atoms with Gasteiger partial charge in [-0.15, -0.1) is 0 Å². The third kappa shape index (κ3) is 4.11. The molecule has 0 spiro atoms. The summed E-state index contributed by atoms with van der Waals surface area (Å²) in [7, 11) is 4.75. The van der Waals surface area contributed by atoms with Gasteiger partial charge in [-0.3, -0.25) is 24.8 Å². The number of thioether (sulfide) groups is 1. The van der Waals surface area contributed by atoms with Gasteiger partial charge in [-0.1, -0.05) is 6.07 Å². The minimum atomic E-state index is -0.581. The molecular weight excluding hydrogens is 408 g/mol. The van der Waals surface area contributed by atoms with Gasteiger partial charge >= 0.3 is 0 Å². The molecule has 0 atom stereocenters. The Morgan fingerprint density at radius 2 is 1.97 bits per heavy atom. The minimum absolute atomic E-state index is 0.0276. The second-order valence-corrected chi connectivity index (χ2v) is 7.05. The fourth-order valence-corrected chi connectivity index (χ4v) is 3.61. The first-order chi connectivity index (χ1) is 14.4. The van der Waals surface area contributed by atoms with Gasteiger partial charge in [-0.2, -0.15) is 5.26 Å². The lowest BCUT2D eigenvalue weighted by Crippen LogP contribution is -2.23. The molecule has 2 aromatic carbocycles. The Labute approximate surface area is 176 Å². The monoisotopic (exact) mass is 424 g/mol. The molecule has 1 aliphatic heterocycles. The number of amides is 1. The molecule has 10 heteroatoms. The molecule has 0 radical (unpaired) electrons. The molecule has 30 heavy (non-hydrogen) atoms. The number of hydrogen-bond donors (Lipinski definition) is 0. The summed E-state index contributed by atoms with van der Waals surface area (Å²) in [5.41, 5.74) is 0.538. The van der Waals surface area contributed by atoms with E-state index in [-0.39, 0.29) is 22.9 Å². The van der Waals surface area contributed by atoms with E-state index in [0.717, 1.165) is 6.07 Å². The van der Waals surface area contributed by atoms with E-state index in [1.54, 1.807) is 38.4 Å². The fraction of sp³-hybridized carbons (Fsp3) is 0.150. The number of hydrogen-bond acceptors (Lipinski definition) is 8. The summed E-state index contributed by atoms with van der Waals surface area (Å²) in [6.45, 7) is 0. The number of benzene rings is 2. The summed E-state index contributed by atoms with van der Waals surface area (Å²) in [4.78, 5) is 28.7. The molecule has 1 aliphatic rings. The predicted molar refractivity (Wildman–Crippen MR) is 113 cm³/mol. The van der Waals surface area contributed by atoms with E-state index in [1.165, 1.54) is 35.9 Å². The number of nitrogens with zero attached hydrogens (tertiary/aromatic N) is 4. The number of rotatable bonds is 5. The van der Waals surface area contributed by atoms with Crippen molar-refractivity contribution in [2.45, 2.75) is 0 Å². The van der Waals surface area contributed by atoms with Crippen LogP contribution in [0, 0.1) is 21.4 Å². The van der Waals surface area contributed by atoms with E-state index in [2.05, 4.69) is 4.99 Å². The average molecular weight is 424 g/mol. The van der Waals surface area contributed by atoms with Gasteiger partial charge in [-0.05, 0) is 41.6 Å². The van der Waals surface area contributed by atoms with Crippen molar-refractivity contribution in [3.8, 4) is 23.3 Å². The van der Waals surface area contributed by atoms with Gasteiger partial charge in [0.25, 0.3) is 11.6 Å². The topological polar surface area (TPSA) is 118 Å². The Morgan fingerprint density at radius 3 is 2.57 bits per heavy atom. The largest absolute Gasteiger partial charge is 0.493 e. The van der Waals surface area contributed by atoms with Crippen molar-refractivity contribution in [3.63, 3.8) is 0 Å². The molecular formula is C20H16N4O5S. The van der Waals surface area contributed by atoms with Crippen molar-refractivity contribution in [1.82, 2.24) is 4.90 Å². The first-order valence-corrected chi connectivity index (χ1v) is 9.38. The molecule has 1 heterocycles. The van der Waals surface area contributed by atoms with Crippen LogP contribution in [0.5, 0.6) is 17.2 Å². The highest BCUT2D eigenvalue weighted by Gasteiger charge is 2.29. The van der Waals surface area contributed by atoms with Crippen LogP contribution in [0.3, 0.4) is 0 Å². The quantitative estimate of drug-likeness (QED) is 0.407. The van der Waals surface area contributed by atoms with Crippen LogP contribution >= 0.6 is 11.8 Å². The van der Waals surface area contributed by atoms with Crippen molar-refractivity contribution in [1.29, 1.82) is 5.26 Å². The number of carbonyl (C=O) groups is 1. The molecule has 1 fully saturated rings. The molecule has 1 amide bonds. The summed E-state index contributed by atoms with van der Waals surface area (Å²) in [5, 5.41) is 20.8. The first kappa shape index (κ1) is 20.9. The Kier molecular flexibility index (Phi) is 6.03. The highest BCUT2D eigenvalue weighted by Crippen LogP contribution is 2.37. The lowest BCUT2D eigenvalue weighted by molar-refractivity contribution is -0.384. The molecule has 9 nitrogen and oxygen atoms in total. The number of methoxy groups -OCH3 is 1. The van der Waals surface area contributed by atoms with Crippen molar-refractivity contribution < 1.29 is 19.2 Å². The third-order valence-corrected chi connectivity index (χ3v) is 5.35. The maximum Gasteiger partial charge on any atom is 0.271 e. The zero-order valence-corrected chi connectivity index (χ0v) is 17.1. The van der Waals surface area contributed by atoms with E-state index in [1.807, 2.05) is 6.07 Å². The molecule has 0 saturated carbocycles. The Balaban J connectivity index is 1.91. The van der Waals surface area contributed by atoms with Crippen LogP contribution in [-0.2, 0) is 4.79 Å². The van der Waals surface area contributed by atoms with E-state index in [9.17, 15) is 20.2 Å². The van der Waals surface area contributed by atoms with Gasteiger partial charge < -0.3 is 9.47 Å². The zero-order chi connectivity index (χ0) is 21.8. The van der Waals surface area contributed by atoms with E-state index in [4.69, 9.17) is 9.47 Å². The second-order valence-electron chi connectivity index (χ2n) is 6.04. The molecule has 1 saturated heterocycles.